The highest BCUT2D eigenvalue weighted by atomic mass is 16.3. The third-order valence-corrected chi connectivity index (χ3v) is 5.09. The first-order valence-corrected chi connectivity index (χ1v) is 9.39. The van der Waals surface area contributed by atoms with Gasteiger partial charge in [-0.1, -0.05) is 0 Å². The minimum Gasteiger partial charge on any atom is -0.493 e. The van der Waals surface area contributed by atoms with Crippen molar-refractivity contribution < 1.29 is 14.7 Å². The second kappa shape index (κ2) is 7.38. The predicted octanol–water partition coefficient (Wildman–Crippen LogP) is 2.60. The van der Waals surface area contributed by atoms with E-state index in [1.54, 1.807) is 24.3 Å². The molecule has 1 aliphatic rings. The van der Waals surface area contributed by atoms with Crippen molar-refractivity contribution >= 4 is 34.1 Å². The average molecular weight is 391 g/mol. The van der Waals surface area contributed by atoms with Gasteiger partial charge in [0.2, 0.25) is 5.88 Å². The number of pyridine rings is 2. The summed E-state index contributed by atoms with van der Waals surface area (Å²) in [5, 5.41) is 13.2. The fourth-order valence-corrected chi connectivity index (χ4v) is 3.63. The van der Waals surface area contributed by atoms with Crippen LogP contribution in [0.4, 0.5) is 11.4 Å². The molecule has 1 saturated heterocycles. The fourth-order valence-electron chi connectivity index (χ4n) is 3.63. The Morgan fingerprint density at radius 3 is 2.66 bits per heavy atom. The van der Waals surface area contributed by atoms with Crippen molar-refractivity contribution in [1.82, 2.24) is 9.97 Å². The first-order chi connectivity index (χ1) is 13.9. The van der Waals surface area contributed by atoms with Gasteiger partial charge < -0.3 is 21.1 Å². The van der Waals surface area contributed by atoms with E-state index in [4.69, 9.17) is 5.73 Å². The number of hydrogen-bond acceptors (Lipinski definition) is 6. The van der Waals surface area contributed by atoms with E-state index in [0.29, 0.717) is 22.5 Å². The molecule has 0 radical (unpaired) electrons. The summed E-state index contributed by atoms with van der Waals surface area (Å²) in [5.74, 6) is -1.08. The van der Waals surface area contributed by atoms with Crippen LogP contribution in [0.15, 0.2) is 36.5 Å². The number of aryl methyl sites for hydroxylation is 1. The zero-order valence-electron chi connectivity index (χ0n) is 16.0. The highest BCUT2D eigenvalue weighted by Gasteiger charge is 2.21. The van der Waals surface area contributed by atoms with E-state index in [9.17, 15) is 14.7 Å². The first-order valence-electron chi connectivity index (χ1n) is 9.39. The second-order valence-electron chi connectivity index (χ2n) is 7.13. The Hall–Kier alpha value is -3.68. The molecule has 3 aromatic rings. The van der Waals surface area contributed by atoms with Crippen LogP contribution in [0.2, 0.25) is 0 Å². The van der Waals surface area contributed by atoms with Crippen LogP contribution in [-0.4, -0.2) is 40.0 Å². The van der Waals surface area contributed by atoms with Gasteiger partial charge in [-0.15, -0.1) is 0 Å². The lowest BCUT2D eigenvalue weighted by atomic mass is 10.1. The summed E-state index contributed by atoms with van der Waals surface area (Å²) in [7, 11) is 0. The van der Waals surface area contributed by atoms with E-state index >= 15 is 0 Å². The van der Waals surface area contributed by atoms with Crippen LogP contribution < -0.4 is 16.0 Å². The molecule has 29 heavy (non-hydrogen) atoms. The minimum atomic E-state index is -0.587. The number of benzene rings is 1. The average Bonchev–Trinajstić information content (AvgIpc) is 3.22. The molecule has 2 aromatic heterocycles. The topological polar surface area (TPSA) is 121 Å². The van der Waals surface area contributed by atoms with Crippen molar-refractivity contribution in [3.05, 3.63) is 53.3 Å². The maximum atomic E-state index is 12.7. The lowest BCUT2D eigenvalue weighted by Gasteiger charge is -2.20. The molecule has 1 aliphatic heterocycles. The van der Waals surface area contributed by atoms with Gasteiger partial charge in [0.15, 0.2) is 0 Å². The highest BCUT2D eigenvalue weighted by Crippen LogP contribution is 2.26. The second-order valence-corrected chi connectivity index (χ2v) is 7.13. The summed E-state index contributed by atoms with van der Waals surface area (Å²) >= 11 is 0. The Labute approximate surface area is 167 Å². The van der Waals surface area contributed by atoms with E-state index in [2.05, 4.69) is 20.2 Å². The molecule has 4 rings (SSSR count). The van der Waals surface area contributed by atoms with Gasteiger partial charge in [-0.3, -0.25) is 9.59 Å². The van der Waals surface area contributed by atoms with E-state index < -0.39 is 11.8 Å². The molecule has 2 amide bonds. The molecule has 8 nitrogen and oxygen atoms in total. The largest absolute Gasteiger partial charge is 0.493 e. The van der Waals surface area contributed by atoms with Gasteiger partial charge in [-0.05, 0) is 49.6 Å². The molecule has 148 valence electrons. The molecule has 0 spiro atoms. The van der Waals surface area contributed by atoms with Crippen LogP contribution in [0.25, 0.3) is 10.9 Å². The Balaban J connectivity index is 1.62. The number of rotatable bonds is 4. The molecule has 1 fully saturated rings. The van der Waals surface area contributed by atoms with E-state index in [1.165, 1.54) is 12.3 Å². The van der Waals surface area contributed by atoms with Crippen LogP contribution in [0.3, 0.4) is 0 Å². The lowest BCUT2D eigenvalue weighted by Crippen LogP contribution is -2.25. The maximum Gasteiger partial charge on any atom is 0.274 e. The molecule has 4 N–H and O–H groups in total. The molecule has 1 aromatic carbocycles. The number of amides is 2. The third kappa shape index (κ3) is 3.69. The lowest BCUT2D eigenvalue weighted by molar-refractivity contribution is 0.100. The molecule has 0 saturated carbocycles. The highest BCUT2D eigenvalue weighted by molar-refractivity contribution is 6.07. The molecular formula is C21H21N5O3. The van der Waals surface area contributed by atoms with Crippen LogP contribution in [0, 0.1) is 6.92 Å². The van der Waals surface area contributed by atoms with Gasteiger partial charge in [0.25, 0.3) is 11.8 Å². The minimum absolute atomic E-state index is 0.0481. The van der Waals surface area contributed by atoms with Crippen LogP contribution in [-0.2, 0) is 0 Å². The summed E-state index contributed by atoms with van der Waals surface area (Å²) in [5.41, 5.74) is 8.64. The maximum absolute atomic E-state index is 12.7. The quantitative estimate of drug-likeness (QED) is 0.628. The van der Waals surface area contributed by atoms with Gasteiger partial charge >= 0.3 is 0 Å². The standard InChI is InChI=1S/C21H21N5O3/c1-12-8-19(27)25-16-5-4-13(9-14(12)16)24-21(29)17-10-15(20(22)28)18(11-23-17)26-6-2-3-7-26/h4-5,8-11H,2-3,6-7H2,1H3,(H2,22,28)(H,24,29)(H,25,27). The zero-order valence-corrected chi connectivity index (χ0v) is 16.0. The molecule has 0 atom stereocenters. The molecule has 0 unspecified atom stereocenters. The van der Waals surface area contributed by atoms with Crippen molar-refractivity contribution in [1.29, 1.82) is 0 Å². The summed E-state index contributed by atoms with van der Waals surface area (Å²) in [4.78, 5) is 35.0. The summed E-state index contributed by atoms with van der Waals surface area (Å²) < 4.78 is 0. The summed E-state index contributed by atoms with van der Waals surface area (Å²) in [6, 6.07) is 8.20. The Morgan fingerprint density at radius 1 is 1.17 bits per heavy atom. The number of nitrogens with one attached hydrogen (secondary N) is 1. The van der Waals surface area contributed by atoms with E-state index in [0.717, 1.165) is 36.9 Å². The zero-order chi connectivity index (χ0) is 20.5. The molecule has 3 heterocycles. The van der Waals surface area contributed by atoms with Crippen LogP contribution in [0.5, 0.6) is 5.88 Å². The number of aromatic nitrogens is 2. The van der Waals surface area contributed by atoms with Crippen molar-refractivity contribution in [2.45, 2.75) is 19.8 Å². The van der Waals surface area contributed by atoms with E-state index in [1.807, 2.05) is 6.92 Å². The number of anilines is 2. The Morgan fingerprint density at radius 2 is 1.93 bits per heavy atom. The Bertz CT molecular complexity index is 1120. The summed E-state index contributed by atoms with van der Waals surface area (Å²) in [6.45, 7) is 3.54. The Kier molecular flexibility index (Phi) is 4.75. The molecule has 0 bridgehead atoms. The third-order valence-electron chi connectivity index (χ3n) is 5.09. The molecule has 8 heteroatoms. The number of primary amides is 1. The van der Waals surface area contributed by atoms with Gasteiger partial charge in [0.05, 0.1) is 23.0 Å². The number of hydrogen-bond donors (Lipinski definition) is 3. The van der Waals surface area contributed by atoms with Crippen molar-refractivity contribution in [2.24, 2.45) is 5.73 Å². The van der Waals surface area contributed by atoms with Crippen molar-refractivity contribution in [2.75, 3.05) is 23.3 Å². The van der Waals surface area contributed by atoms with Crippen molar-refractivity contribution in [3.63, 3.8) is 0 Å². The van der Waals surface area contributed by atoms with Crippen LogP contribution in [0.1, 0.15) is 39.3 Å². The molecule has 0 aliphatic carbocycles. The summed E-state index contributed by atoms with van der Waals surface area (Å²) in [6.07, 6.45) is 3.64. The number of nitrogens with zero attached hydrogens (tertiary/aromatic N) is 3. The normalized spacial score (nSPS) is 13.6. The smallest absolute Gasteiger partial charge is 0.274 e. The number of carbonyl (C=O) groups excluding carboxylic acids is 2. The molecular weight excluding hydrogens is 370 g/mol. The number of fused-ring (bicyclic) bond motifs is 1. The van der Waals surface area contributed by atoms with Gasteiger partial charge in [-0.25, -0.2) is 9.97 Å². The van der Waals surface area contributed by atoms with Gasteiger partial charge in [-0.2, -0.15) is 0 Å². The monoisotopic (exact) mass is 391 g/mol. The van der Waals surface area contributed by atoms with Gasteiger partial charge in [0, 0.05) is 30.2 Å². The van der Waals surface area contributed by atoms with E-state index in [-0.39, 0.29) is 11.6 Å². The number of aromatic hydroxyl groups is 1. The predicted molar refractivity (Wildman–Crippen MR) is 110 cm³/mol. The van der Waals surface area contributed by atoms with Gasteiger partial charge in [0.1, 0.15) is 5.69 Å². The first kappa shape index (κ1) is 18.7. The number of nitrogens with two attached hydrogens (primary N) is 1. The number of carbonyl (C=O) groups is 2. The van der Waals surface area contributed by atoms with Crippen LogP contribution >= 0.6 is 0 Å². The fraction of sp³-hybridized carbons (Fsp3) is 0.238. The van der Waals surface area contributed by atoms with Crippen molar-refractivity contribution in [3.8, 4) is 5.88 Å². The SMILES string of the molecule is Cc1cc(O)nc2ccc(NC(=O)c3cc(C(N)=O)c(N4CCCC4)cn3)cc12.